The minimum atomic E-state index is 0.132. The van der Waals surface area contributed by atoms with Crippen LogP contribution in [0, 0.1) is 12.8 Å². The van der Waals surface area contributed by atoms with Crippen molar-refractivity contribution in [1.29, 1.82) is 0 Å². The predicted molar refractivity (Wildman–Crippen MR) is 82.5 cm³/mol. The molecule has 3 heterocycles. The van der Waals surface area contributed by atoms with Gasteiger partial charge in [0, 0.05) is 12.4 Å². The highest BCUT2D eigenvalue weighted by molar-refractivity contribution is 7.99. The van der Waals surface area contributed by atoms with Crippen molar-refractivity contribution in [2.45, 2.75) is 37.8 Å². The lowest BCUT2D eigenvalue weighted by Gasteiger charge is -2.40. The Bertz CT molecular complexity index is 429. The van der Waals surface area contributed by atoms with Crippen molar-refractivity contribution < 1.29 is 4.74 Å². The molecule has 3 unspecified atom stereocenters. The minimum Gasteiger partial charge on any atom is -0.374 e. The van der Waals surface area contributed by atoms with Crippen LogP contribution in [0.15, 0.2) is 10.8 Å². The van der Waals surface area contributed by atoms with Crippen LogP contribution < -0.4 is 11.3 Å². The number of hydrazine groups is 1. The van der Waals surface area contributed by atoms with E-state index in [1.807, 2.05) is 11.8 Å². The van der Waals surface area contributed by atoms with Gasteiger partial charge in [0.15, 0.2) is 0 Å². The molecule has 3 atom stereocenters. The predicted octanol–water partition coefficient (Wildman–Crippen LogP) is 2.86. The Hall–Kier alpha value is -0.0700. The van der Waals surface area contributed by atoms with Crippen LogP contribution in [-0.4, -0.2) is 23.7 Å². The molecule has 5 heteroatoms. The Labute approximate surface area is 123 Å². The minimum absolute atomic E-state index is 0.132. The molecule has 3 rings (SSSR count). The molecular weight excluding hydrogens is 276 g/mol. The fraction of sp³-hybridized carbons (Fsp3) is 0.714. The smallest absolute Gasteiger partial charge is 0.0783 e. The molecule has 0 radical (unpaired) electrons. The summed E-state index contributed by atoms with van der Waals surface area (Å²) in [6.45, 7) is 3.06. The van der Waals surface area contributed by atoms with E-state index in [0.29, 0.717) is 5.92 Å². The van der Waals surface area contributed by atoms with E-state index >= 15 is 0 Å². The molecule has 0 aliphatic carbocycles. The summed E-state index contributed by atoms with van der Waals surface area (Å²) in [5.74, 6) is 8.85. The summed E-state index contributed by atoms with van der Waals surface area (Å²) in [5.41, 5.74) is 5.93. The van der Waals surface area contributed by atoms with Crippen LogP contribution in [0.25, 0.3) is 0 Å². The largest absolute Gasteiger partial charge is 0.374 e. The van der Waals surface area contributed by atoms with Crippen LogP contribution in [0.2, 0.25) is 0 Å². The number of hydrogen-bond donors (Lipinski definition) is 2. The zero-order valence-corrected chi connectivity index (χ0v) is 13.0. The van der Waals surface area contributed by atoms with Gasteiger partial charge in [-0.15, -0.1) is 0 Å². The fourth-order valence-corrected chi connectivity index (χ4v) is 5.65. The summed E-state index contributed by atoms with van der Waals surface area (Å²) in [6, 6.07) is 0.276. The molecule has 1 aromatic rings. The molecule has 2 fully saturated rings. The molecule has 1 aromatic heterocycles. The van der Waals surface area contributed by atoms with Gasteiger partial charge in [0.05, 0.1) is 11.6 Å². The van der Waals surface area contributed by atoms with E-state index in [1.165, 1.54) is 23.3 Å². The van der Waals surface area contributed by atoms with E-state index in [0.717, 1.165) is 25.2 Å². The maximum absolute atomic E-state index is 6.11. The fourth-order valence-electron chi connectivity index (χ4n) is 3.38. The van der Waals surface area contributed by atoms with Crippen molar-refractivity contribution in [2.75, 3.05) is 18.1 Å². The molecule has 1 spiro atoms. The second-order valence-electron chi connectivity index (χ2n) is 5.74. The molecule has 0 bridgehead atoms. The first-order valence-corrected chi connectivity index (χ1v) is 9.04. The third-order valence-corrected chi connectivity index (χ3v) is 6.58. The topological polar surface area (TPSA) is 47.3 Å². The molecule has 0 amide bonds. The number of thiophene rings is 1. The molecule has 3 nitrogen and oxygen atoms in total. The van der Waals surface area contributed by atoms with Crippen LogP contribution in [0.3, 0.4) is 0 Å². The second kappa shape index (κ2) is 5.74. The third-order valence-electron chi connectivity index (χ3n) is 4.48. The maximum Gasteiger partial charge on any atom is 0.0783 e. The summed E-state index contributed by atoms with van der Waals surface area (Å²) >= 11 is 3.79. The van der Waals surface area contributed by atoms with Gasteiger partial charge in [0.1, 0.15) is 0 Å². The lowest BCUT2D eigenvalue weighted by Crippen LogP contribution is -2.45. The second-order valence-corrected chi connectivity index (χ2v) is 7.59. The van der Waals surface area contributed by atoms with E-state index in [1.54, 1.807) is 11.3 Å². The van der Waals surface area contributed by atoms with Crippen LogP contribution in [0.4, 0.5) is 0 Å². The van der Waals surface area contributed by atoms with E-state index in [9.17, 15) is 0 Å². The molecule has 19 heavy (non-hydrogen) atoms. The van der Waals surface area contributed by atoms with Crippen LogP contribution in [0.1, 0.15) is 36.4 Å². The van der Waals surface area contributed by atoms with Gasteiger partial charge in [0.25, 0.3) is 0 Å². The molecule has 2 aliphatic rings. The highest BCUT2D eigenvalue weighted by Crippen LogP contribution is 2.44. The highest BCUT2D eigenvalue weighted by atomic mass is 32.2. The summed E-state index contributed by atoms with van der Waals surface area (Å²) in [6.07, 6.45) is 3.45. The van der Waals surface area contributed by atoms with Crippen LogP contribution in [-0.2, 0) is 4.74 Å². The van der Waals surface area contributed by atoms with E-state index in [-0.39, 0.29) is 11.6 Å². The number of hydrogen-bond acceptors (Lipinski definition) is 5. The van der Waals surface area contributed by atoms with Gasteiger partial charge in [-0.05, 0) is 59.7 Å². The van der Waals surface area contributed by atoms with Gasteiger partial charge in [-0.2, -0.15) is 23.1 Å². The van der Waals surface area contributed by atoms with Crippen molar-refractivity contribution in [1.82, 2.24) is 5.43 Å². The van der Waals surface area contributed by atoms with Gasteiger partial charge in [0.2, 0.25) is 0 Å². The molecule has 2 aliphatic heterocycles. The van der Waals surface area contributed by atoms with Gasteiger partial charge < -0.3 is 4.74 Å². The Balaban J connectivity index is 1.78. The summed E-state index contributed by atoms with van der Waals surface area (Å²) < 4.78 is 6.11. The quantitative estimate of drug-likeness (QED) is 0.665. The van der Waals surface area contributed by atoms with Crippen molar-refractivity contribution in [3.8, 4) is 0 Å². The number of nitrogens with two attached hydrogens (primary N) is 1. The summed E-state index contributed by atoms with van der Waals surface area (Å²) in [5, 5.41) is 4.45. The van der Waals surface area contributed by atoms with E-state index in [2.05, 4.69) is 23.1 Å². The average Bonchev–Trinajstić information content (AvgIpc) is 3.02. The Morgan fingerprint density at radius 2 is 2.42 bits per heavy atom. The van der Waals surface area contributed by atoms with Gasteiger partial charge in [-0.25, -0.2) is 0 Å². The first-order chi connectivity index (χ1) is 9.24. The van der Waals surface area contributed by atoms with Crippen LogP contribution >= 0.6 is 23.1 Å². The maximum atomic E-state index is 6.11. The molecule has 3 N–H and O–H groups in total. The van der Waals surface area contributed by atoms with Crippen molar-refractivity contribution in [2.24, 2.45) is 11.8 Å². The summed E-state index contributed by atoms with van der Waals surface area (Å²) in [4.78, 5) is 0. The monoisotopic (exact) mass is 298 g/mol. The lowest BCUT2D eigenvalue weighted by molar-refractivity contribution is -0.0854. The van der Waals surface area contributed by atoms with E-state index < -0.39 is 0 Å². The lowest BCUT2D eigenvalue weighted by atomic mass is 9.79. The first-order valence-electron chi connectivity index (χ1n) is 6.95. The number of aryl methyl sites for hydroxylation is 1. The number of nitrogens with one attached hydrogen (secondary N) is 1. The normalized spacial score (nSPS) is 32.8. The van der Waals surface area contributed by atoms with E-state index in [4.69, 9.17) is 10.6 Å². The number of thioether (sulfide) groups is 1. The van der Waals surface area contributed by atoms with Crippen molar-refractivity contribution >= 4 is 23.1 Å². The first kappa shape index (κ1) is 13.9. The molecule has 106 valence electrons. The van der Waals surface area contributed by atoms with Gasteiger partial charge in [-0.3, -0.25) is 11.3 Å². The Kier molecular flexibility index (Phi) is 4.19. The van der Waals surface area contributed by atoms with Crippen LogP contribution in [0.5, 0.6) is 0 Å². The summed E-state index contributed by atoms with van der Waals surface area (Å²) in [7, 11) is 0. The highest BCUT2D eigenvalue weighted by Gasteiger charge is 2.42. The van der Waals surface area contributed by atoms with Crippen molar-refractivity contribution in [3.63, 3.8) is 0 Å². The number of rotatable bonds is 3. The van der Waals surface area contributed by atoms with Crippen molar-refractivity contribution in [3.05, 3.63) is 21.9 Å². The molecule has 0 saturated carbocycles. The Morgan fingerprint density at radius 3 is 3.05 bits per heavy atom. The van der Waals surface area contributed by atoms with Gasteiger partial charge in [-0.1, -0.05) is 0 Å². The third kappa shape index (κ3) is 2.72. The molecule has 0 aromatic carbocycles. The average molecular weight is 298 g/mol. The standard InChI is InChI=1S/C14H22N2OS2/c1-10-7-19-8-12(10)13(16-15)11-2-4-17-14(6-11)3-5-18-9-14/h7-8,11,13,16H,2-6,9,15H2,1H3. The number of ether oxygens (including phenoxy) is 1. The zero-order chi connectivity index (χ0) is 13.3. The Morgan fingerprint density at radius 1 is 1.53 bits per heavy atom. The SMILES string of the molecule is Cc1cscc1C(NN)C1CCOC2(CCSC2)C1. The molecular formula is C14H22N2OS2. The zero-order valence-electron chi connectivity index (χ0n) is 11.4. The molecule has 2 saturated heterocycles. The van der Waals surface area contributed by atoms with Gasteiger partial charge >= 0.3 is 0 Å².